The lowest BCUT2D eigenvalue weighted by atomic mass is 9.84. The molecule has 0 aromatic carbocycles. The van der Waals surface area contributed by atoms with Gasteiger partial charge in [-0.3, -0.25) is 5.32 Å². The molecule has 2 fully saturated rings. The van der Waals surface area contributed by atoms with Crippen LogP contribution in [0.2, 0.25) is 0 Å². The molecule has 0 aliphatic carbocycles. The van der Waals surface area contributed by atoms with E-state index in [2.05, 4.69) is 35.2 Å². The molecule has 2 saturated heterocycles. The van der Waals surface area contributed by atoms with Gasteiger partial charge in [-0.1, -0.05) is 6.92 Å². The first-order valence-electron chi connectivity index (χ1n) is 8.67. The Hall–Kier alpha value is -0.630. The zero-order chi connectivity index (χ0) is 15.3. The highest BCUT2D eigenvalue weighted by Gasteiger charge is 2.34. The highest BCUT2D eigenvalue weighted by molar-refractivity contribution is 5.03. The molecule has 0 amide bonds. The van der Waals surface area contributed by atoms with Crippen LogP contribution in [0.3, 0.4) is 0 Å². The van der Waals surface area contributed by atoms with E-state index in [1.165, 1.54) is 38.9 Å². The van der Waals surface area contributed by atoms with Crippen molar-refractivity contribution in [3.8, 4) is 6.07 Å². The summed E-state index contributed by atoms with van der Waals surface area (Å²) in [6, 6.07) is 3.25. The molecule has 0 aromatic heterocycles. The molecule has 120 valence electrons. The van der Waals surface area contributed by atoms with Crippen molar-refractivity contribution >= 4 is 0 Å². The summed E-state index contributed by atoms with van der Waals surface area (Å²) in [5.41, 5.74) is -0.349. The number of nitrogens with one attached hydrogen (secondary N) is 1. The third-order valence-electron chi connectivity index (χ3n) is 5.39. The van der Waals surface area contributed by atoms with Crippen molar-refractivity contribution in [3.63, 3.8) is 0 Å². The van der Waals surface area contributed by atoms with E-state index in [0.29, 0.717) is 0 Å². The minimum absolute atomic E-state index is 0.349. The van der Waals surface area contributed by atoms with Crippen LogP contribution < -0.4 is 5.32 Å². The van der Waals surface area contributed by atoms with Crippen LogP contribution in [-0.4, -0.2) is 61.2 Å². The molecular weight excluding hydrogens is 260 g/mol. The van der Waals surface area contributed by atoms with Crippen LogP contribution in [0, 0.1) is 17.2 Å². The van der Waals surface area contributed by atoms with Crippen LogP contribution >= 0.6 is 0 Å². The van der Waals surface area contributed by atoms with E-state index in [1.54, 1.807) is 0 Å². The number of nitriles is 1. The van der Waals surface area contributed by atoms with Gasteiger partial charge in [0.15, 0.2) is 0 Å². The minimum Gasteiger partial charge on any atom is -0.303 e. The average Bonchev–Trinajstić information content (AvgIpc) is 2.48. The first-order chi connectivity index (χ1) is 10.1. The second-order valence-electron chi connectivity index (χ2n) is 7.12. The van der Waals surface area contributed by atoms with Crippen molar-refractivity contribution < 1.29 is 0 Å². The zero-order valence-electron chi connectivity index (χ0n) is 14.1. The Morgan fingerprint density at radius 1 is 1.33 bits per heavy atom. The molecule has 2 aliphatic rings. The van der Waals surface area contributed by atoms with E-state index >= 15 is 0 Å². The Morgan fingerprint density at radius 2 is 2.14 bits per heavy atom. The quantitative estimate of drug-likeness (QED) is 0.814. The van der Waals surface area contributed by atoms with Crippen LogP contribution in [-0.2, 0) is 0 Å². The van der Waals surface area contributed by atoms with E-state index < -0.39 is 0 Å². The van der Waals surface area contributed by atoms with Crippen LogP contribution in [0.4, 0.5) is 0 Å². The average molecular weight is 292 g/mol. The van der Waals surface area contributed by atoms with Gasteiger partial charge in [-0.15, -0.1) is 0 Å². The predicted octanol–water partition coefficient (Wildman–Crippen LogP) is 2.07. The standard InChI is InChI=1S/C17H32N4/c1-4-19-17(2,14-18)9-6-11-21-12-8-16-15(13-21)7-5-10-20(16)3/h15-16,19H,4-13H2,1-3H3. The van der Waals surface area contributed by atoms with Gasteiger partial charge in [0.1, 0.15) is 5.54 Å². The van der Waals surface area contributed by atoms with Gasteiger partial charge < -0.3 is 9.80 Å². The maximum Gasteiger partial charge on any atom is 0.103 e. The molecule has 0 aromatic rings. The van der Waals surface area contributed by atoms with Crippen LogP contribution in [0.5, 0.6) is 0 Å². The summed E-state index contributed by atoms with van der Waals surface area (Å²) in [6.45, 7) is 9.89. The Balaban J connectivity index is 1.74. The molecule has 3 unspecified atom stereocenters. The molecule has 2 aliphatic heterocycles. The fourth-order valence-corrected chi connectivity index (χ4v) is 4.16. The summed E-state index contributed by atoms with van der Waals surface area (Å²) in [4.78, 5) is 5.20. The lowest BCUT2D eigenvalue weighted by molar-refractivity contribution is 0.0376. The zero-order valence-corrected chi connectivity index (χ0v) is 14.1. The molecule has 21 heavy (non-hydrogen) atoms. The molecule has 0 saturated carbocycles. The number of rotatable bonds is 6. The van der Waals surface area contributed by atoms with Crippen molar-refractivity contribution in [2.45, 2.75) is 57.5 Å². The fraction of sp³-hybridized carbons (Fsp3) is 0.941. The molecule has 2 heterocycles. The maximum absolute atomic E-state index is 9.31. The minimum atomic E-state index is -0.349. The number of nitrogens with zero attached hydrogens (tertiary/aromatic N) is 3. The summed E-state index contributed by atoms with van der Waals surface area (Å²) in [7, 11) is 2.29. The molecular formula is C17H32N4. The SMILES string of the molecule is CCNC(C)(C#N)CCCN1CCC2C(CCCN2C)C1. The lowest BCUT2D eigenvalue weighted by Gasteiger charge is -2.46. The third kappa shape index (κ3) is 4.42. The van der Waals surface area contributed by atoms with Gasteiger partial charge in [-0.25, -0.2) is 0 Å². The molecule has 4 nitrogen and oxygen atoms in total. The molecule has 1 N–H and O–H groups in total. The molecule has 2 rings (SSSR count). The van der Waals surface area contributed by atoms with Gasteiger partial charge in [0, 0.05) is 12.6 Å². The number of hydrogen-bond acceptors (Lipinski definition) is 4. The molecule has 4 heteroatoms. The van der Waals surface area contributed by atoms with Crippen molar-refractivity contribution in [3.05, 3.63) is 0 Å². The van der Waals surface area contributed by atoms with Gasteiger partial charge in [-0.2, -0.15) is 5.26 Å². The Kier molecular flexibility index (Phi) is 6.04. The Morgan fingerprint density at radius 3 is 2.86 bits per heavy atom. The topological polar surface area (TPSA) is 42.3 Å². The third-order valence-corrected chi connectivity index (χ3v) is 5.39. The largest absolute Gasteiger partial charge is 0.303 e. The first-order valence-corrected chi connectivity index (χ1v) is 8.67. The number of fused-ring (bicyclic) bond motifs is 1. The predicted molar refractivity (Wildman–Crippen MR) is 87.1 cm³/mol. The Labute approximate surface area is 130 Å². The summed E-state index contributed by atoms with van der Waals surface area (Å²) >= 11 is 0. The van der Waals surface area contributed by atoms with E-state index in [9.17, 15) is 5.26 Å². The van der Waals surface area contributed by atoms with Crippen LogP contribution in [0.15, 0.2) is 0 Å². The highest BCUT2D eigenvalue weighted by atomic mass is 15.2. The van der Waals surface area contributed by atoms with Gasteiger partial charge >= 0.3 is 0 Å². The van der Waals surface area contributed by atoms with Gasteiger partial charge in [0.05, 0.1) is 6.07 Å². The van der Waals surface area contributed by atoms with Crippen molar-refractivity contribution in [1.29, 1.82) is 5.26 Å². The summed E-state index contributed by atoms with van der Waals surface area (Å²) in [5.74, 6) is 0.869. The second kappa shape index (κ2) is 7.58. The van der Waals surface area contributed by atoms with Gasteiger partial charge in [0.25, 0.3) is 0 Å². The fourth-order valence-electron chi connectivity index (χ4n) is 4.16. The van der Waals surface area contributed by atoms with E-state index in [4.69, 9.17) is 0 Å². The van der Waals surface area contributed by atoms with Gasteiger partial charge in [0.2, 0.25) is 0 Å². The smallest absolute Gasteiger partial charge is 0.103 e. The van der Waals surface area contributed by atoms with Gasteiger partial charge in [-0.05, 0) is 78.2 Å². The monoisotopic (exact) mass is 292 g/mol. The van der Waals surface area contributed by atoms with Crippen molar-refractivity contribution in [2.24, 2.45) is 5.92 Å². The Bertz CT molecular complexity index is 364. The summed E-state index contributed by atoms with van der Waals surface area (Å²) < 4.78 is 0. The molecule has 0 radical (unpaired) electrons. The second-order valence-corrected chi connectivity index (χ2v) is 7.12. The highest BCUT2D eigenvalue weighted by Crippen LogP contribution is 2.29. The molecule has 0 spiro atoms. The number of likely N-dealkylation sites (tertiary alicyclic amines) is 2. The van der Waals surface area contributed by atoms with E-state index in [0.717, 1.165) is 37.9 Å². The van der Waals surface area contributed by atoms with E-state index in [1.807, 2.05) is 6.92 Å². The molecule has 3 atom stereocenters. The molecule has 0 bridgehead atoms. The lowest BCUT2D eigenvalue weighted by Crippen LogP contribution is -2.52. The van der Waals surface area contributed by atoms with Crippen molar-refractivity contribution in [2.75, 3.05) is 39.8 Å². The number of piperidine rings is 2. The normalized spacial score (nSPS) is 30.4. The summed E-state index contributed by atoms with van der Waals surface area (Å²) in [5, 5.41) is 12.6. The summed E-state index contributed by atoms with van der Waals surface area (Å²) in [6.07, 6.45) is 6.15. The van der Waals surface area contributed by atoms with Crippen molar-refractivity contribution in [1.82, 2.24) is 15.1 Å². The van der Waals surface area contributed by atoms with E-state index in [-0.39, 0.29) is 5.54 Å². The number of hydrogen-bond donors (Lipinski definition) is 1. The van der Waals surface area contributed by atoms with Crippen LogP contribution in [0.25, 0.3) is 0 Å². The first kappa shape index (κ1) is 16.7. The van der Waals surface area contributed by atoms with Crippen LogP contribution in [0.1, 0.15) is 46.0 Å². The maximum atomic E-state index is 9.31.